The summed E-state index contributed by atoms with van der Waals surface area (Å²) in [5, 5.41) is 17.3. The van der Waals surface area contributed by atoms with Crippen LogP contribution in [0.5, 0.6) is 0 Å². The standard InChI is InChI=1S/C25H36N6O5/c1-14(2)20(24(34)31-21(15(3)4)25(35)36)30-23(33)19(10-16-8-6-5-7-9-16)29-22(32)18(26)11-17-12-27-13-28-17/h5-9,12-15,18-21H,10-11,26H2,1-4H3,(H,27,28)(H,29,32)(H,30,33)(H,31,34)(H,35,36). The molecule has 0 radical (unpaired) electrons. The zero-order chi connectivity index (χ0) is 26.8. The summed E-state index contributed by atoms with van der Waals surface area (Å²) in [6.07, 6.45) is 3.42. The molecule has 0 bridgehead atoms. The summed E-state index contributed by atoms with van der Waals surface area (Å²) < 4.78 is 0. The van der Waals surface area contributed by atoms with Gasteiger partial charge in [0.05, 0.1) is 12.4 Å². The predicted octanol–water partition coefficient (Wildman–Crippen LogP) is 0.373. The molecule has 0 spiro atoms. The number of amides is 3. The van der Waals surface area contributed by atoms with Gasteiger partial charge in [0.1, 0.15) is 18.1 Å². The third kappa shape index (κ3) is 8.49. The van der Waals surface area contributed by atoms with E-state index in [1.165, 1.54) is 6.33 Å². The van der Waals surface area contributed by atoms with Gasteiger partial charge in [-0.2, -0.15) is 0 Å². The molecule has 2 aromatic rings. The lowest BCUT2D eigenvalue weighted by atomic mass is 9.99. The van der Waals surface area contributed by atoms with Gasteiger partial charge in [-0.15, -0.1) is 0 Å². The van der Waals surface area contributed by atoms with Crippen molar-refractivity contribution in [2.24, 2.45) is 17.6 Å². The fraction of sp³-hybridized carbons (Fsp3) is 0.480. The Bertz CT molecular complexity index is 1010. The number of rotatable bonds is 13. The number of benzene rings is 1. The van der Waals surface area contributed by atoms with Gasteiger partial charge in [0.15, 0.2) is 0 Å². The predicted molar refractivity (Wildman–Crippen MR) is 134 cm³/mol. The molecule has 0 fully saturated rings. The van der Waals surface area contributed by atoms with Gasteiger partial charge in [0.25, 0.3) is 0 Å². The molecule has 4 unspecified atom stereocenters. The first-order valence-electron chi connectivity index (χ1n) is 11.9. The van der Waals surface area contributed by atoms with Crippen molar-refractivity contribution in [3.63, 3.8) is 0 Å². The van der Waals surface area contributed by atoms with E-state index in [2.05, 4.69) is 25.9 Å². The van der Waals surface area contributed by atoms with Crippen LogP contribution in [-0.2, 0) is 32.0 Å². The highest BCUT2D eigenvalue weighted by atomic mass is 16.4. The number of carbonyl (C=O) groups excluding carboxylic acids is 3. The summed E-state index contributed by atoms with van der Waals surface area (Å²) in [4.78, 5) is 57.4. The lowest BCUT2D eigenvalue weighted by molar-refractivity contribution is -0.143. The molecule has 0 aliphatic heterocycles. The van der Waals surface area contributed by atoms with Gasteiger partial charge in [-0.1, -0.05) is 58.0 Å². The van der Waals surface area contributed by atoms with E-state index in [0.717, 1.165) is 5.56 Å². The maximum Gasteiger partial charge on any atom is 0.326 e. The number of nitrogens with one attached hydrogen (secondary N) is 4. The van der Waals surface area contributed by atoms with Crippen LogP contribution in [0.2, 0.25) is 0 Å². The second kappa shape index (κ2) is 13.4. The van der Waals surface area contributed by atoms with E-state index >= 15 is 0 Å². The molecule has 11 heteroatoms. The molecular formula is C25H36N6O5. The molecule has 0 saturated heterocycles. The van der Waals surface area contributed by atoms with Gasteiger partial charge in [-0.05, 0) is 17.4 Å². The van der Waals surface area contributed by atoms with Crippen LogP contribution in [0.3, 0.4) is 0 Å². The van der Waals surface area contributed by atoms with Crippen LogP contribution in [0, 0.1) is 11.8 Å². The monoisotopic (exact) mass is 500 g/mol. The number of aliphatic carboxylic acids is 1. The SMILES string of the molecule is CC(C)C(NC(=O)C(NC(=O)C(Cc1ccccc1)NC(=O)C(N)Cc1cnc[nH]1)C(C)C)C(=O)O. The van der Waals surface area contributed by atoms with Crippen LogP contribution >= 0.6 is 0 Å². The Labute approximate surface area is 210 Å². The number of hydrogen-bond acceptors (Lipinski definition) is 6. The van der Waals surface area contributed by atoms with Crippen molar-refractivity contribution in [3.05, 3.63) is 54.1 Å². The lowest BCUT2D eigenvalue weighted by Crippen LogP contribution is -2.59. The number of nitrogens with two attached hydrogens (primary N) is 1. The molecule has 2 rings (SSSR count). The van der Waals surface area contributed by atoms with Crippen molar-refractivity contribution in [1.82, 2.24) is 25.9 Å². The molecule has 196 valence electrons. The van der Waals surface area contributed by atoms with Gasteiger partial charge in [0, 0.05) is 24.7 Å². The largest absolute Gasteiger partial charge is 0.480 e. The van der Waals surface area contributed by atoms with Crippen molar-refractivity contribution in [1.29, 1.82) is 0 Å². The molecule has 0 saturated carbocycles. The Morgan fingerprint density at radius 3 is 2.03 bits per heavy atom. The topological polar surface area (TPSA) is 179 Å². The normalized spacial score (nSPS) is 14.5. The van der Waals surface area contributed by atoms with Crippen LogP contribution in [0.1, 0.15) is 39.0 Å². The summed E-state index contributed by atoms with van der Waals surface area (Å²) >= 11 is 0. The highest BCUT2D eigenvalue weighted by Crippen LogP contribution is 2.09. The quantitative estimate of drug-likeness (QED) is 0.230. The van der Waals surface area contributed by atoms with Crippen LogP contribution in [0.15, 0.2) is 42.9 Å². The number of carboxylic acids is 1. The number of nitrogens with zero attached hydrogens (tertiary/aromatic N) is 1. The van der Waals surface area contributed by atoms with Gasteiger partial charge >= 0.3 is 5.97 Å². The molecule has 4 atom stereocenters. The molecule has 1 aromatic heterocycles. The van der Waals surface area contributed by atoms with Gasteiger partial charge in [-0.25, -0.2) is 9.78 Å². The second-order valence-corrected chi connectivity index (χ2v) is 9.44. The van der Waals surface area contributed by atoms with E-state index in [0.29, 0.717) is 5.69 Å². The van der Waals surface area contributed by atoms with Crippen LogP contribution in [0.4, 0.5) is 0 Å². The van der Waals surface area contributed by atoms with E-state index in [9.17, 15) is 24.3 Å². The van der Waals surface area contributed by atoms with Gasteiger partial charge < -0.3 is 31.8 Å². The summed E-state index contributed by atoms with van der Waals surface area (Å²) in [6.45, 7) is 6.83. The zero-order valence-electron chi connectivity index (χ0n) is 21.0. The molecule has 7 N–H and O–H groups in total. The first kappa shape index (κ1) is 28.5. The van der Waals surface area contributed by atoms with E-state index in [-0.39, 0.29) is 24.7 Å². The number of aromatic amines is 1. The van der Waals surface area contributed by atoms with Gasteiger partial charge in [0.2, 0.25) is 17.7 Å². The second-order valence-electron chi connectivity index (χ2n) is 9.44. The van der Waals surface area contributed by atoms with Crippen molar-refractivity contribution in [2.45, 2.75) is 64.7 Å². The average Bonchev–Trinajstić information content (AvgIpc) is 3.33. The zero-order valence-corrected chi connectivity index (χ0v) is 21.0. The van der Waals surface area contributed by atoms with Crippen molar-refractivity contribution < 1.29 is 24.3 Å². The number of carbonyl (C=O) groups is 4. The molecule has 0 aliphatic rings. The smallest absolute Gasteiger partial charge is 0.326 e. The minimum Gasteiger partial charge on any atom is -0.480 e. The summed E-state index contributed by atoms with van der Waals surface area (Å²) in [5.74, 6) is -3.57. The molecule has 1 aromatic carbocycles. The minimum atomic E-state index is -1.16. The van der Waals surface area contributed by atoms with E-state index in [4.69, 9.17) is 5.73 Å². The third-order valence-corrected chi connectivity index (χ3v) is 5.72. The van der Waals surface area contributed by atoms with Crippen molar-refractivity contribution in [2.75, 3.05) is 0 Å². The lowest BCUT2D eigenvalue weighted by Gasteiger charge is -2.28. The summed E-state index contributed by atoms with van der Waals surface area (Å²) in [7, 11) is 0. The maximum atomic E-state index is 13.3. The van der Waals surface area contributed by atoms with E-state index in [1.54, 1.807) is 33.9 Å². The number of aromatic nitrogens is 2. The van der Waals surface area contributed by atoms with E-state index < -0.39 is 47.9 Å². The van der Waals surface area contributed by atoms with Crippen LogP contribution < -0.4 is 21.7 Å². The third-order valence-electron chi connectivity index (χ3n) is 5.72. The van der Waals surface area contributed by atoms with Crippen LogP contribution in [0.25, 0.3) is 0 Å². The van der Waals surface area contributed by atoms with Crippen LogP contribution in [-0.4, -0.2) is 62.9 Å². The summed E-state index contributed by atoms with van der Waals surface area (Å²) in [6, 6.07) is 5.07. The fourth-order valence-corrected chi connectivity index (χ4v) is 3.61. The Balaban J connectivity index is 2.18. The Morgan fingerprint density at radius 1 is 0.889 bits per heavy atom. The molecule has 36 heavy (non-hydrogen) atoms. The first-order valence-corrected chi connectivity index (χ1v) is 11.9. The highest BCUT2D eigenvalue weighted by Gasteiger charge is 2.33. The minimum absolute atomic E-state index is 0.172. The van der Waals surface area contributed by atoms with Crippen molar-refractivity contribution in [3.8, 4) is 0 Å². The Morgan fingerprint density at radius 2 is 1.50 bits per heavy atom. The fourth-order valence-electron chi connectivity index (χ4n) is 3.61. The highest BCUT2D eigenvalue weighted by molar-refractivity contribution is 5.94. The average molecular weight is 501 g/mol. The molecule has 1 heterocycles. The van der Waals surface area contributed by atoms with Crippen molar-refractivity contribution >= 4 is 23.7 Å². The number of H-pyrrole nitrogens is 1. The van der Waals surface area contributed by atoms with E-state index in [1.807, 2.05) is 30.3 Å². The molecular weight excluding hydrogens is 464 g/mol. The summed E-state index contributed by atoms with van der Waals surface area (Å²) in [5.41, 5.74) is 7.53. The number of imidazole rings is 1. The maximum absolute atomic E-state index is 13.3. The Hall–Kier alpha value is -3.73. The number of carboxylic acid groups (broad SMARTS) is 1. The number of hydrogen-bond donors (Lipinski definition) is 6. The first-order chi connectivity index (χ1) is 17.0. The molecule has 3 amide bonds. The van der Waals surface area contributed by atoms with Gasteiger partial charge in [-0.3, -0.25) is 14.4 Å². The molecule has 11 nitrogen and oxygen atoms in total. The molecule has 0 aliphatic carbocycles. The Kier molecular flexibility index (Phi) is 10.6.